The van der Waals surface area contributed by atoms with Crippen LogP contribution in [0.2, 0.25) is 0 Å². The highest BCUT2D eigenvalue weighted by atomic mass is 28.3. The molecule has 0 spiro atoms. The molecule has 0 unspecified atom stereocenters. The van der Waals surface area contributed by atoms with Gasteiger partial charge in [-0.25, -0.2) is 0 Å². The van der Waals surface area contributed by atoms with Gasteiger partial charge in [0.2, 0.25) is 0 Å². The third-order valence-corrected chi connectivity index (χ3v) is 8.03. The summed E-state index contributed by atoms with van der Waals surface area (Å²) < 4.78 is 6.58. The van der Waals surface area contributed by atoms with Crippen LogP contribution in [0.5, 0.6) is 0 Å². The normalized spacial score (nSPS) is 23.0. The Hall–Kier alpha value is -1.68. The number of rotatable bonds is 6. The number of hydrogen-bond donors (Lipinski definition) is 1. The van der Waals surface area contributed by atoms with E-state index in [1.165, 1.54) is 15.9 Å². The Balaban J connectivity index is 1.73. The zero-order valence-corrected chi connectivity index (χ0v) is 18.4. The van der Waals surface area contributed by atoms with Crippen LogP contribution in [0.4, 0.5) is 0 Å². The van der Waals surface area contributed by atoms with Crippen molar-refractivity contribution in [1.29, 1.82) is 0 Å². The van der Waals surface area contributed by atoms with Gasteiger partial charge in [0.05, 0.1) is 5.60 Å². The molecule has 1 fully saturated rings. The van der Waals surface area contributed by atoms with E-state index in [0.29, 0.717) is 5.92 Å². The van der Waals surface area contributed by atoms with Gasteiger partial charge in [0.15, 0.2) is 0 Å². The molecule has 1 radical (unpaired) electrons. The van der Waals surface area contributed by atoms with E-state index in [1.54, 1.807) is 6.08 Å². The molecule has 2 nitrogen and oxygen atoms in total. The second-order valence-electron chi connectivity index (χ2n) is 9.08. The molecule has 0 bridgehead atoms. The number of benzene rings is 2. The molecular weight excluding hydrogens is 360 g/mol. The Kier molecular flexibility index (Phi) is 6.59. The maximum absolute atomic E-state index is 10.4. The molecule has 149 valence electrons. The highest BCUT2D eigenvalue weighted by Gasteiger charge is 2.31. The van der Waals surface area contributed by atoms with Gasteiger partial charge >= 0.3 is 0 Å². The fraction of sp³-hybridized carbons (Fsp3) is 0.440. The highest BCUT2D eigenvalue weighted by molar-refractivity contribution is 6.80. The fourth-order valence-corrected chi connectivity index (χ4v) is 5.83. The lowest BCUT2D eigenvalue weighted by Gasteiger charge is -2.34. The van der Waals surface area contributed by atoms with E-state index in [0.717, 1.165) is 32.3 Å². The van der Waals surface area contributed by atoms with E-state index in [-0.39, 0.29) is 5.41 Å². The van der Waals surface area contributed by atoms with Crippen LogP contribution in [0.15, 0.2) is 67.3 Å². The second-order valence-corrected chi connectivity index (χ2v) is 11.2. The second kappa shape index (κ2) is 8.77. The van der Waals surface area contributed by atoms with Gasteiger partial charge in [-0.3, -0.25) is 0 Å². The fourth-order valence-electron chi connectivity index (χ4n) is 3.79. The zero-order valence-electron chi connectivity index (χ0n) is 17.4. The van der Waals surface area contributed by atoms with Crippen LogP contribution in [-0.4, -0.2) is 26.4 Å². The molecule has 0 aromatic heterocycles. The molecule has 0 atom stereocenters. The maximum Gasteiger partial charge on any atom is 0.282 e. The van der Waals surface area contributed by atoms with Gasteiger partial charge in [0.1, 0.15) is 0 Å². The van der Waals surface area contributed by atoms with Crippen molar-refractivity contribution in [2.45, 2.75) is 57.5 Å². The Morgan fingerprint density at radius 2 is 1.61 bits per heavy atom. The van der Waals surface area contributed by atoms with Crippen molar-refractivity contribution in [3.8, 4) is 0 Å². The summed E-state index contributed by atoms with van der Waals surface area (Å²) in [6.45, 7) is 11.3. The Morgan fingerprint density at radius 3 is 2.14 bits per heavy atom. The minimum atomic E-state index is -1.28. The van der Waals surface area contributed by atoms with E-state index < -0.39 is 14.6 Å². The predicted octanol–water partition coefficient (Wildman–Crippen LogP) is 4.21. The van der Waals surface area contributed by atoms with Crippen molar-refractivity contribution in [2.24, 2.45) is 5.92 Å². The van der Waals surface area contributed by atoms with Gasteiger partial charge in [0, 0.05) is 6.61 Å². The Bertz CT molecular complexity index is 753. The smallest absolute Gasteiger partial charge is 0.282 e. The van der Waals surface area contributed by atoms with Crippen molar-refractivity contribution < 1.29 is 9.53 Å². The lowest BCUT2D eigenvalue weighted by atomic mass is 9.79. The SMILES string of the molecule is C=CC1(O)CCC(CO[Si](c2ccccc2)c2ccc(C(C)(C)C)cc2)CC1. The van der Waals surface area contributed by atoms with Crippen LogP contribution in [0.3, 0.4) is 0 Å². The topological polar surface area (TPSA) is 29.5 Å². The van der Waals surface area contributed by atoms with E-state index in [9.17, 15) is 5.11 Å². The first kappa shape index (κ1) is 21.0. The largest absolute Gasteiger partial charge is 0.407 e. The highest BCUT2D eigenvalue weighted by Crippen LogP contribution is 2.33. The van der Waals surface area contributed by atoms with Crippen LogP contribution in [0, 0.1) is 5.92 Å². The third kappa shape index (κ3) is 5.22. The van der Waals surface area contributed by atoms with Gasteiger partial charge in [0.25, 0.3) is 9.04 Å². The Labute approximate surface area is 172 Å². The Morgan fingerprint density at radius 1 is 1.04 bits per heavy atom. The first-order chi connectivity index (χ1) is 13.3. The minimum absolute atomic E-state index is 0.156. The molecule has 1 saturated carbocycles. The predicted molar refractivity (Wildman–Crippen MR) is 120 cm³/mol. The molecule has 0 heterocycles. The average molecular weight is 394 g/mol. The molecule has 1 N–H and O–H groups in total. The van der Waals surface area contributed by atoms with Crippen LogP contribution in [0.1, 0.15) is 52.0 Å². The van der Waals surface area contributed by atoms with Crippen molar-refractivity contribution >= 4 is 19.4 Å². The molecule has 1 aliphatic rings. The first-order valence-electron chi connectivity index (χ1n) is 10.3. The third-order valence-electron chi connectivity index (χ3n) is 5.86. The molecule has 2 aromatic rings. The average Bonchev–Trinajstić information content (AvgIpc) is 2.70. The van der Waals surface area contributed by atoms with E-state index >= 15 is 0 Å². The molecule has 0 aliphatic heterocycles. The van der Waals surface area contributed by atoms with Crippen molar-refractivity contribution in [2.75, 3.05) is 6.61 Å². The van der Waals surface area contributed by atoms with Crippen LogP contribution < -0.4 is 10.4 Å². The lowest BCUT2D eigenvalue weighted by Crippen LogP contribution is -2.46. The van der Waals surface area contributed by atoms with Crippen molar-refractivity contribution in [1.82, 2.24) is 0 Å². The van der Waals surface area contributed by atoms with Gasteiger partial charge in [-0.2, -0.15) is 0 Å². The quantitative estimate of drug-likeness (QED) is 0.588. The summed E-state index contributed by atoms with van der Waals surface area (Å²) in [7, 11) is -1.28. The summed E-state index contributed by atoms with van der Waals surface area (Å²) in [6.07, 6.45) is 5.28. The summed E-state index contributed by atoms with van der Waals surface area (Å²) in [5.41, 5.74) is 0.830. The summed E-state index contributed by atoms with van der Waals surface area (Å²) in [4.78, 5) is 0. The molecule has 28 heavy (non-hydrogen) atoms. The monoisotopic (exact) mass is 393 g/mol. The summed E-state index contributed by atoms with van der Waals surface area (Å²) >= 11 is 0. The molecule has 1 aliphatic carbocycles. The van der Waals surface area contributed by atoms with E-state index in [4.69, 9.17) is 4.43 Å². The van der Waals surface area contributed by atoms with Crippen molar-refractivity contribution in [3.05, 3.63) is 72.8 Å². The van der Waals surface area contributed by atoms with Gasteiger partial charge in [-0.05, 0) is 53.0 Å². The lowest BCUT2D eigenvalue weighted by molar-refractivity contribution is 0.0272. The molecule has 0 saturated heterocycles. The summed E-state index contributed by atoms with van der Waals surface area (Å²) in [5.74, 6) is 0.512. The van der Waals surface area contributed by atoms with Crippen LogP contribution in [0.25, 0.3) is 0 Å². The molecule has 0 amide bonds. The number of hydrogen-bond acceptors (Lipinski definition) is 2. The zero-order chi connectivity index (χ0) is 20.2. The summed E-state index contributed by atoms with van der Waals surface area (Å²) in [6, 6.07) is 19.6. The van der Waals surface area contributed by atoms with E-state index in [2.05, 4.69) is 81.9 Å². The number of aliphatic hydroxyl groups is 1. The molecule has 2 aromatic carbocycles. The van der Waals surface area contributed by atoms with Crippen LogP contribution in [-0.2, 0) is 9.84 Å². The maximum atomic E-state index is 10.4. The van der Waals surface area contributed by atoms with Crippen LogP contribution >= 0.6 is 0 Å². The molecular formula is C25H33O2Si. The first-order valence-corrected chi connectivity index (χ1v) is 11.7. The van der Waals surface area contributed by atoms with E-state index in [1.807, 2.05) is 0 Å². The summed E-state index contributed by atoms with van der Waals surface area (Å²) in [5, 5.41) is 13.0. The van der Waals surface area contributed by atoms with Gasteiger partial charge in [-0.1, -0.05) is 81.4 Å². The van der Waals surface area contributed by atoms with Crippen molar-refractivity contribution in [3.63, 3.8) is 0 Å². The molecule has 3 heteroatoms. The standard InChI is InChI=1S/C25H33O2Si/c1-5-25(26)17-15-20(16-18-25)19-27-28(22-9-7-6-8-10-22)23-13-11-21(12-14-23)24(2,3)4/h5-14,20,26H,1,15-19H2,2-4H3. The van der Waals surface area contributed by atoms with Gasteiger partial charge < -0.3 is 9.53 Å². The van der Waals surface area contributed by atoms with Gasteiger partial charge in [-0.15, -0.1) is 6.58 Å². The molecule has 3 rings (SSSR count). The minimum Gasteiger partial charge on any atom is -0.407 e.